The Kier molecular flexibility index (Phi) is 7.73. The predicted octanol–water partition coefficient (Wildman–Crippen LogP) is 4.06. The Morgan fingerprint density at radius 3 is 2.46 bits per heavy atom. The zero-order chi connectivity index (χ0) is 25.8. The molecule has 0 unspecified atom stereocenters. The SMILES string of the molecule is CC(C)c1cc(-c2n[nH]c(=O)n2-c2ccc(OCCCNC(=O)OC(C)(C)C)cc2)c(O)cc1O. The summed E-state index contributed by atoms with van der Waals surface area (Å²) >= 11 is 0. The van der Waals surface area contributed by atoms with E-state index >= 15 is 0 Å². The molecule has 1 amide bonds. The summed E-state index contributed by atoms with van der Waals surface area (Å²) in [6, 6.07) is 9.73. The quantitative estimate of drug-likeness (QED) is 0.354. The van der Waals surface area contributed by atoms with Crippen LogP contribution in [-0.4, -0.2) is 49.8 Å². The van der Waals surface area contributed by atoms with Crippen molar-refractivity contribution in [2.24, 2.45) is 0 Å². The third kappa shape index (κ3) is 6.56. The number of alkyl carbamates (subject to hydrolysis) is 1. The summed E-state index contributed by atoms with van der Waals surface area (Å²) in [5, 5.41) is 29.7. The standard InChI is InChI=1S/C25H32N4O6/c1-15(2)18-13-19(21(31)14-20(18)30)22-27-28-23(32)29(22)16-7-9-17(10-8-16)34-12-6-11-26-24(33)35-25(3,4)5/h7-10,13-15,30-31H,6,11-12H2,1-5H3,(H,26,33)(H,28,32). The molecule has 1 heterocycles. The summed E-state index contributed by atoms with van der Waals surface area (Å²) in [6.07, 6.45) is 0.119. The van der Waals surface area contributed by atoms with Crippen LogP contribution in [-0.2, 0) is 4.74 Å². The number of hydrogen-bond donors (Lipinski definition) is 4. The number of carbonyl (C=O) groups is 1. The number of nitrogens with zero attached hydrogens (tertiary/aromatic N) is 2. The Hall–Kier alpha value is -3.95. The van der Waals surface area contributed by atoms with Crippen LogP contribution < -0.4 is 15.7 Å². The molecule has 0 aliphatic rings. The van der Waals surface area contributed by atoms with E-state index in [0.29, 0.717) is 42.1 Å². The fourth-order valence-corrected chi connectivity index (χ4v) is 3.41. The maximum absolute atomic E-state index is 12.5. The lowest BCUT2D eigenvalue weighted by atomic mass is 9.98. The molecule has 35 heavy (non-hydrogen) atoms. The van der Waals surface area contributed by atoms with Gasteiger partial charge in [0.25, 0.3) is 0 Å². The first-order chi connectivity index (χ1) is 16.5. The zero-order valence-corrected chi connectivity index (χ0v) is 20.6. The van der Waals surface area contributed by atoms with Crippen molar-refractivity contribution in [1.82, 2.24) is 20.1 Å². The van der Waals surface area contributed by atoms with Gasteiger partial charge in [-0.15, -0.1) is 0 Å². The Morgan fingerprint density at radius 1 is 1.14 bits per heavy atom. The maximum Gasteiger partial charge on any atom is 0.407 e. The third-order valence-corrected chi connectivity index (χ3v) is 5.03. The smallest absolute Gasteiger partial charge is 0.407 e. The highest BCUT2D eigenvalue weighted by molar-refractivity contribution is 5.69. The van der Waals surface area contributed by atoms with Gasteiger partial charge in [-0.1, -0.05) is 13.8 Å². The normalized spacial score (nSPS) is 11.5. The molecule has 1 aromatic heterocycles. The van der Waals surface area contributed by atoms with E-state index in [4.69, 9.17) is 9.47 Å². The molecule has 4 N–H and O–H groups in total. The largest absolute Gasteiger partial charge is 0.508 e. The van der Waals surface area contributed by atoms with Crippen LogP contribution in [0.1, 0.15) is 52.5 Å². The molecule has 2 aromatic carbocycles. The zero-order valence-electron chi connectivity index (χ0n) is 20.6. The molecule has 10 heteroatoms. The number of rotatable bonds is 8. The van der Waals surface area contributed by atoms with E-state index in [0.717, 1.165) is 0 Å². The minimum Gasteiger partial charge on any atom is -0.508 e. The molecule has 0 spiro atoms. The first-order valence-corrected chi connectivity index (χ1v) is 11.4. The van der Waals surface area contributed by atoms with Gasteiger partial charge >= 0.3 is 11.8 Å². The van der Waals surface area contributed by atoms with Crippen LogP contribution in [0.3, 0.4) is 0 Å². The summed E-state index contributed by atoms with van der Waals surface area (Å²) in [5.41, 5.74) is 0.459. The first-order valence-electron chi connectivity index (χ1n) is 11.4. The molecule has 0 fully saturated rings. The number of phenols is 2. The van der Waals surface area contributed by atoms with E-state index in [1.807, 2.05) is 13.8 Å². The van der Waals surface area contributed by atoms with Crippen LogP contribution in [0.2, 0.25) is 0 Å². The fourth-order valence-electron chi connectivity index (χ4n) is 3.41. The molecular weight excluding hydrogens is 452 g/mol. The molecule has 3 aromatic rings. The number of hydrogen-bond acceptors (Lipinski definition) is 7. The Balaban J connectivity index is 1.68. The van der Waals surface area contributed by atoms with E-state index in [-0.39, 0.29) is 23.2 Å². The van der Waals surface area contributed by atoms with Crippen molar-refractivity contribution < 1.29 is 24.5 Å². The highest BCUT2D eigenvalue weighted by Crippen LogP contribution is 2.37. The third-order valence-electron chi connectivity index (χ3n) is 5.03. The molecule has 0 radical (unpaired) electrons. The van der Waals surface area contributed by atoms with Crippen LogP contribution >= 0.6 is 0 Å². The number of aromatic amines is 1. The second-order valence-corrected chi connectivity index (χ2v) is 9.40. The molecule has 0 atom stereocenters. The molecule has 0 saturated carbocycles. The van der Waals surface area contributed by atoms with Gasteiger partial charge in [0.15, 0.2) is 5.82 Å². The lowest BCUT2D eigenvalue weighted by Crippen LogP contribution is -2.33. The molecule has 3 rings (SSSR count). The van der Waals surface area contributed by atoms with Gasteiger partial charge in [0.1, 0.15) is 22.8 Å². The molecule has 188 valence electrons. The number of benzene rings is 2. The number of nitrogens with one attached hydrogen (secondary N) is 2. The van der Waals surface area contributed by atoms with Crippen LogP contribution in [0.5, 0.6) is 17.2 Å². The van der Waals surface area contributed by atoms with Crippen LogP contribution in [0, 0.1) is 0 Å². The highest BCUT2D eigenvalue weighted by Gasteiger charge is 2.19. The minimum absolute atomic E-state index is 0.00392. The van der Waals surface area contributed by atoms with Crippen molar-refractivity contribution >= 4 is 6.09 Å². The van der Waals surface area contributed by atoms with Crippen molar-refractivity contribution in [2.75, 3.05) is 13.2 Å². The number of phenolic OH excluding ortho intramolecular Hbond substituents is 2. The fraction of sp³-hybridized carbons (Fsp3) is 0.400. The Bertz CT molecular complexity index is 1220. The second-order valence-electron chi connectivity index (χ2n) is 9.40. The molecule has 10 nitrogen and oxygen atoms in total. The van der Waals surface area contributed by atoms with E-state index < -0.39 is 17.4 Å². The summed E-state index contributed by atoms with van der Waals surface area (Å²) in [5.74, 6) is 0.611. The topological polar surface area (TPSA) is 139 Å². The van der Waals surface area contributed by atoms with Gasteiger partial charge in [-0.2, -0.15) is 5.10 Å². The number of aromatic hydroxyl groups is 2. The van der Waals surface area contributed by atoms with E-state index in [1.54, 1.807) is 51.1 Å². The van der Waals surface area contributed by atoms with Gasteiger partial charge in [-0.3, -0.25) is 0 Å². The first kappa shape index (κ1) is 25.7. The van der Waals surface area contributed by atoms with E-state index in [2.05, 4.69) is 15.5 Å². The van der Waals surface area contributed by atoms with Crippen LogP contribution in [0.4, 0.5) is 4.79 Å². The molecule has 0 aliphatic carbocycles. The van der Waals surface area contributed by atoms with Gasteiger partial charge in [0.2, 0.25) is 0 Å². The van der Waals surface area contributed by atoms with Crippen molar-refractivity contribution in [3.63, 3.8) is 0 Å². The van der Waals surface area contributed by atoms with Gasteiger partial charge in [-0.25, -0.2) is 19.3 Å². The predicted molar refractivity (Wildman–Crippen MR) is 131 cm³/mol. The monoisotopic (exact) mass is 484 g/mol. The lowest BCUT2D eigenvalue weighted by Gasteiger charge is -2.19. The van der Waals surface area contributed by atoms with Crippen LogP contribution in [0.15, 0.2) is 41.2 Å². The number of ether oxygens (including phenoxy) is 2. The van der Waals surface area contributed by atoms with Gasteiger partial charge in [-0.05, 0) is 69.0 Å². The van der Waals surface area contributed by atoms with Crippen molar-refractivity contribution in [3.8, 4) is 34.3 Å². The summed E-state index contributed by atoms with van der Waals surface area (Å²) < 4.78 is 12.2. The highest BCUT2D eigenvalue weighted by atomic mass is 16.6. The number of amides is 1. The van der Waals surface area contributed by atoms with Crippen molar-refractivity contribution in [2.45, 2.75) is 52.6 Å². The molecule has 0 bridgehead atoms. The van der Waals surface area contributed by atoms with Crippen molar-refractivity contribution in [3.05, 3.63) is 52.4 Å². The average Bonchev–Trinajstić information content (AvgIpc) is 3.13. The number of H-pyrrole nitrogens is 1. The molecular formula is C25H32N4O6. The van der Waals surface area contributed by atoms with Crippen LogP contribution in [0.25, 0.3) is 17.1 Å². The molecule has 0 aliphatic heterocycles. The Morgan fingerprint density at radius 2 is 1.83 bits per heavy atom. The average molecular weight is 485 g/mol. The van der Waals surface area contributed by atoms with Crippen molar-refractivity contribution in [1.29, 1.82) is 0 Å². The number of aromatic nitrogens is 3. The summed E-state index contributed by atoms with van der Waals surface area (Å²) in [7, 11) is 0. The molecule has 0 saturated heterocycles. The second kappa shape index (κ2) is 10.5. The van der Waals surface area contributed by atoms with Gasteiger partial charge < -0.3 is 25.0 Å². The maximum atomic E-state index is 12.5. The van der Waals surface area contributed by atoms with Gasteiger partial charge in [0.05, 0.1) is 17.9 Å². The van der Waals surface area contributed by atoms with E-state index in [9.17, 15) is 19.8 Å². The van der Waals surface area contributed by atoms with Gasteiger partial charge in [0, 0.05) is 12.6 Å². The lowest BCUT2D eigenvalue weighted by molar-refractivity contribution is 0.0525. The summed E-state index contributed by atoms with van der Waals surface area (Å²) in [4.78, 5) is 24.2. The minimum atomic E-state index is -0.545. The Labute approximate surface area is 203 Å². The van der Waals surface area contributed by atoms with E-state index in [1.165, 1.54) is 10.6 Å². The number of carbonyl (C=O) groups excluding carboxylic acids is 1. The summed E-state index contributed by atoms with van der Waals surface area (Å²) in [6.45, 7) is 10.0.